The normalized spacial score (nSPS) is 15.9. The molecule has 150 valence electrons. The summed E-state index contributed by atoms with van der Waals surface area (Å²) in [5.74, 6) is -0.363. The lowest BCUT2D eigenvalue weighted by Crippen LogP contribution is -2.41. The first-order valence-corrected chi connectivity index (χ1v) is 11.2. The number of thiazole rings is 1. The van der Waals surface area contributed by atoms with Crippen molar-refractivity contribution in [1.29, 1.82) is 0 Å². The van der Waals surface area contributed by atoms with E-state index in [0.29, 0.717) is 9.20 Å². The van der Waals surface area contributed by atoms with Crippen LogP contribution in [0, 0.1) is 0 Å². The third kappa shape index (κ3) is 4.65. The van der Waals surface area contributed by atoms with Crippen molar-refractivity contribution in [1.82, 2.24) is 9.88 Å². The molecule has 6 nitrogen and oxygen atoms in total. The number of carbonyl (C=O) groups is 2. The van der Waals surface area contributed by atoms with E-state index >= 15 is 0 Å². The minimum atomic E-state index is -0.344. The maximum atomic E-state index is 13.0. The number of carbonyl (C=O) groups excluding carboxylic acids is 2. The number of thiophene rings is 1. The van der Waals surface area contributed by atoms with Crippen molar-refractivity contribution in [3.8, 4) is 0 Å². The van der Waals surface area contributed by atoms with Crippen LogP contribution in [-0.4, -0.2) is 22.3 Å². The molecule has 3 aromatic heterocycles. The fourth-order valence-electron chi connectivity index (χ4n) is 3.39. The molecule has 1 N–H and O–H groups in total. The number of nitrogens with zero attached hydrogens (tertiary/aromatic N) is 1. The number of Topliss-reactive ketones (excluding diaryl/α,β-unsaturated/α-hetero) is 1. The second kappa shape index (κ2) is 8.75. The largest absolute Gasteiger partial charge is 0.461 e. The van der Waals surface area contributed by atoms with Crippen molar-refractivity contribution in [2.75, 3.05) is 0 Å². The van der Waals surface area contributed by atoms with E-state index in [0.717, 1.165) is 31.2 Å². The van der Waals surface area contributed by atoms with Crippen LogP contribution in [-0.2, 0) is 11.3 Å². The fourth-order valence-corrected chi connectivity index (χ4v) is 5.05. The molecule has 1 aliphatic rings. The van der Waals surface area contributed by atoms with Gasteiger partial charge in [0, 0.05) is 12.1 Å². The molecule has 1 amide bonds. The molecule has 0 aromatic carbocycles. The molecule has 0 atom stereocenters. The lowest BCUT2D eigenvalue weighted by molar-refractivity contribution is -0.122. The average molecular weight is 429 g/mol. The summed E-state index contributed by atoms with van der Waals surface area (Å²) in [7, 11) is 0. The lowest BCUT2D eigenvalue weighted by atomic mass is 10.2. The highest BCUT2D eigenvalue weighted by molar-refractivity contribution is 7.08. The lowest BCUT2D eigenvalue weighted by Gasteiger charge is -2.11. The van der Waals surface area contributed by atoms with E-state index in [1.165, 1.54) is 39.6 Å². The second-order valence-corrected chi connectivity index (χ2v) is 8.77. The number of hydrogen-bond acceptors (Lipinski definition) is 6. The summed E-state index contributed by atoms with van der Waals surface area (Å²) in [5, 5.41) is 6.87. The van der Waals surface area contributed by atoms with E-state index < -0.39 is 0 Å². The quantitative estimate of drug-likeness (QED) is 0.610. The van der Waals surface area contributed by atoms with Crippen molar-refractivity contribution in [2.45, 2.75) is 38.3 Å². The second-order valence-electron chi connectivity index (χ2n) is 6.93. The van der Waals surface area contributed by atoms with Crippen molar-refractivity contribution < 1.29 is 14.0 Å². The van der Waals surface area contributed by atoms with Crippen LogP contribution in [0.25, 0.3) is 12.2 Å². The van der Waals surface area contributed by atoms with E-state index in [-0.39, 0.29) is 35.6 Å². The van der Waals surface area contributed by atoms with Crippen molar-refractivity contribution in [3.05, 3.63) is 66.1 Å². The zero-order valence-corrected chi connectivity index (χ0v) is 17.3. The molecule has 0 bridgehead atoms. The van der Waals surface area contributed by atoms with Gasteiger partial charge in [-0.15, -0.1) is 11.3 Å². The molecule has 0 spiro atoms. The van der Waals surface area contributed by atoms with Gasteiger partial charge in [0.1, 0.15) is 11.2 Å². The summed E-state index contributed by atoms with van der Waals surface area (Å²) >= 11 is 2.74. The van der Waals surface area contributed by atoms with Gasteiger partial charge in [0.05, 0.1) is 10.8 Å². The predicted octanol–water partition coefficient (Wildman–Crippen LogP) is 2.12. The summed E-state index contributed by atoms with van der Waals surface area (Å²) in [6.07, 6.45) is 8.73. The molecule has 4 rings (SSSR count). The summed E-state index contributed by atoms with van der Waals surface area (Å²) in [6, 6.07) is 5.29. The van der Waals surface area contributed by atoms with Crippen LogP contribution in [0.4, 0.5) is 0 Å². The molecule has 8 heteroatoms. The highest BCUT2D eigenvalue weighted by atomic mass is 32.1. The average Bonchev–Trinajstić information content (AvgIpc) is 3.49. The van der Waals surface area contributed by atoms with Crippen molar-refractivity contribution in [3.63, 3.8) is 0 Å². The van der Waals surface area contributed by atoms with Crippen molar-refractivity contribution >= 4 is 46.5 Å². The van der Waals surface area contributed by atoms with E-state index in [1.807, 2.05) is 16.8 Å². The fraction of sp³-hybridized carbons (Fsp3) is 0.286. The van der Waals surface area contributed by atoms with E-state index in [4.69, 9.17) is 4.42 Å². The third-order valence-electron chi connectivity index (χ3n) is 4.82. The Morgan fingerprint density at radius 3 is 2.79 bits per heavy atom. The molecule has 1 aliphatic carbocycles. The van der Waals surface area contributed by atoms with Gasteiger partial charge in [-0.05, 0) is 53.4 Å². The van der Waals surface area contributed by atoms with Crippen LogP contribution < -0.4 is 20.1 Å². The Bertz CT molecular complexity index is 1160. The first-order chi connectivity index (χ1) is 14.1. The van der Waals surface area contributed by atoms with E-state index in [1.54, 1.807) is 18.2 Å². The Kier molecular flexibility index (Phi) is 5.92. The van der Waals surface area contributed by atoms with Crippen molar-refractivity contribution in [2.24, 2.45) is 0 Å². The highest BCUT2D eigenvalue weighted by Crippen LogP contribution is 2.17. The Labute approximate surface area is 174 Å². The molecule has 3 aromatic rings. The predicted molar refractivity (Wildman–Crippen MR) is 114 cm³/mol. The third-order valence-corrected chi connectivity index (χ3v) is 6.58. The van der Waals surface area contributed by atoms with Gasteiger partial charge < -0.3 is 9.73 Å². The monoisotopic (exact) mass is 428 g/mol. The van der Waals surface area contributed by atoms with Crippen LogP contribution in [0.2, 0.25) is 0 Å². The number of aromatic nitrogens is 1. The van der Waals surface area contributed by atoms with Gasteiger partial charge in [-0.2, -0.15) is 11.3 Å². The minimum absolute atomic E-state index is 0.111. The topological polar surface area (TPSA) is 81.3 Å². The molecular weight excluding hydrogens is 408 g/mol. The van der Waals surface area contributed by atoms with Gasteiger partial charge in [-0.3, -0.25) is 19.0 Å². The molecular formula is C21H20N2O4S2. The van der Waals surface area contributed by atoms with Gasteiger partial charge in [-0.25, -0.2) is 0 Å². The highest BCUT2D eigenvalue weighted by Gasteiger charge is 2.18. The van der Waals surface area contributed by atoms with Crippen LogP contribution in [0.1, 0.15) is 41.8 Å². The Morgan fingerprint density at radius 1 is 1.28 bits per heavy atom. The van der Waals surface area contributed by atoms with E-state index in [2.05, 4.69) is 5.32 Å². The van der Waals surface area contributed by atoms with Gasteiger partial charge in [0.25, 0.3) is 5.56 Å². The van der Waals surface area contributed by atoms with Crippen LogP contribution in [0.5, 0.6) is 0 Å². The van der Waals surface area contributed by atoms with Gasteiger partial charge in [-0.1, -0.05) is 12.8 Å². The summed E-state index contributed by atoms with van der Waals surface area (Å²) in [5.41, 5.74) is 0.640. The van der Waals surface area contributed by atoms with E-state index in [9.17, 15) is 14.4 Å². The molecule has 0 radical (unpaired) electrons. The molecule has 29 heavy (non-hydrogen) atoms. The molecule has 0 aliphatic heterocycles. The number of rotatable bonds is 6. The summed E-state index contributed by atoms with van der Waals surface area (Å²) in [6.45, 7) is -0.111. The summed E-state index contributed by atoms with van der Waals surface area (Å²) in [4.78, 5) is 38.0. The van der Waals surface area contributed by atoms with Gasteiger partial charge >= 0.3 is 0 Å². The molecule has 0 saturated heterocycles. The Balaban J connectivity index is 1.71. The maximum absolute atomic E-state index is 13.0. The number of ketones is 1. The van der Waals surface area contributed by atoms with Gasteiger partial charge in [0.2, 0.25) is 11.7 Å². The van der Waals surface area contributed by atoms with Crippen LogP contribution >= 0.6 is 22.7 Å². The SMILES string of the molecule is O=C(Cn1c(=CC(=O)c2ccco2)sc(=Cc2ccsc2)c1=O)NC1CCCC1. The number of nitrogens with one attached hydrogen (secondary N) is 1. The standard InChI is InChI=1S/C21H20N2O4S2/c24-16(17-6-3-8-27-17)11-20-23(12-19(25)22-15-4-1-2-5-15)21(26)18(29-20)10-14-7-9-28-13-14/h3,6-11,13,15H,1-2,4-5,12H2,(H,22,25). The van der Waals surface area contributed by atoms with Crippen LogP contribution in [0.3, 0.4) is 0 Å². The molecule has 1 saturated carbocycles. The Hall–Kier alpha value is -2.71. The van der Waals surface area contributed by atoms with Gasteiger partial charge in [0.15, 0.2) is 5.76 Å². The smallest absolute Gasteiger partial charge is 0.269 e. The summed E-state index contributed by atoms with van der Waals surface area (Å²) < 4.78 is 7.43. The Morgan fingerprint density at radius 2 is 2.10 bits per heavy atom. The molecule has 0 unspecified atom stereocenters. The minimum Gasteiger partial charge on any atom is -0.461 e. The van der Waals surface area contributed by atoms with Crippen LogP contribution in [0.15, 0.2) is 44.4 Å². The zero-order valence-electron chi connectivity index (χ0n) is 15.6. The molecule has 3 heterocycles. The first-order valence-electron chi connectivity index (χ1n) is 9.42. The number of amides is 1. The maximum Gasteiger partial charge on any atom is 0.269 e. The number of furan rings is 1. The zero-order chi connectivity index (χ0) is 20.2. The first kappa shape index (κ1) is 19.6. The molecule has 1 fully saturated rings. The number of hydrogen-bond donors (Lipinski definition) is 1.